The van der Waals surface area contributed by atoms with Crippen LogP contribution in [0.3, 0.4) is 0 Å². The first kappa shape index (κ1) is 16.3. The van der Waals surface area contributed by atoms with Crippen molar-refractivity contribution in [2.45, 2.75) is 18.7 Å². The molecule has 1 aromatic heterocycles. The lowest BCUT2D eigenvalue weighted by Crippen LogP contribution is -2.12. The van der Waals surface area contributed by atoms with Crippen molar-refractivity contribution >= 4 is 56.0 Å². The molecule has 0 aliphatic heterocycles. The number of aromatic nitrogens is 1. The molecule has 1 heterocycles. The van der Waals surface area contributed by atoms with E-state index < -0.39 is 0 Å². The number of fused-ring (bicyclic) bond motifs is 1. The van der Waals surface area contributed by atoms with Crippen LogP contribution in [0.1, 0.15) is 22.8 Å². The molecule has 0 saturated carbocycles. The molecular weight excluding hydrogens is 348 g/mol. The fraction of sp³-hybridized carbons (Fsp3) is 0.176. The molecular formula is C17H15ClN2OS2. The molecule has 0 aliphatic carbocycles. The summed E-state index contributed by atoms with van der Waals surface area (Å²) < 4.78 is 0.901. The van der Waals surface area contributed by atoms with E-state index in [4.69, 9.17) is 11.6 Å². The third-order valence-corrected chi connectivity index (χ3v) is 5.74. The third-order valence-electron chi connectivity index (χ3n) is 3.35. The summed E-state index contributed by atoms with van der Waals surface area (Å²) in [5, 5.41) is 4.12. The van der Waals surface area contributed by atoms with E-state index in [1.807, 2.05) is 43.3 Å². The molecule has 2 aromatic carbocycles. The summed E-state index contributed by atoms with van der Waals surface area (Å²) >= 11 is 9.27. The SMILES string of the molecule is CCSc1ccccc1C(=O)Nc1nc2c(C)ccc(Cl)c2s1. The van der Waals surface area contributed by atoms with Gasteiger partial charge in [0.1, 0.15) is 0 Å². The summed E-state index contributed by atoms with van der Waals surface area (Å²) in [5.41, 5.74) is 2.55. The number of hydrogen-bond donors (Lipinski definition) is 1. The number of carbonyl (C=O) groups excluding carboxylic acids is 1. The zero-order valence-corrected chi connectivity index (χ0v) is 15.1. The van der Waals surface area contributed by atoms with Gasteiger partial charge in [-0.15, -0.1) is 11.8 Å². The van der Waals surface area contributed by atoms with Gasteiger partial charge in [-0.05, 0) is 36.4 Å². The van der Waals surface area contributed by atoms with Crippen LogP contribution in [0.25, 0.3) is 10.2 Å². The van der Waals surface area contributed by atoms with Crippen molar-refractivity contribution in [3.05, 3.63) is 52.5 Å². The van der Waals surface area contributed by atoms with Gasteiger partial charge < -0.3 is 0 Å². The van der Waals surface area contributed by atoms with Crippen molar-refractivity contribution < 1.29 is 4.79 Å². The van der Waals surface area contributed by atoms with Crippen LogP contribution in [0.2, 0.25) is 5.02 Å². The average Bonchev–Trinajstić information content (AvgIpc) is 2.97. The van der Waals surface area contributed by atoms with E-state index in [1.54, 1.807) is 11.8 Å². The first-order valence-electron chi connectivity index (χ1n) is 7.19. The van der Waals surface area contributed by atoms with Crippen molar-refractivity contribution in [3.63, 3.8) is 0 Å². The van der Waals surface area contributed by atoms with E-state index >= 15 is 0 Å². The molecule has 0 aliphatic rings. The Kier molecular flexibility index (Phi) is 4.90. The second-order valence-electron chi connectivity index (χ2n) is 4.94. The maximum atomic E-state index is 12.6. The zero-order chi connectivity index (χ0) is 16.4. The molecule has 3 rings (SSSR count). The lowest BCUT2D eigenvalue weighted by atomic mass is 10.2. The highest BCUT2D eigenvalue weighted by molar-refractivity contribution is 7.99. The minimum Gasteiger partial charge on any atom is -0.298 e. The van der Waals surface area contributed by atoms with E-state index in [-0.39, 0.29) is 5.91 Å². The Hall–Kier alpha value is -1.56. The standard InChI is InChI=1S/C17H15ClN2OS2/c1-3-22-13-7-5-4-6-11(13)16(21)20-17-19-14-10(2)8-9-12(18)15(14)23-17/h4-9H,3H2,1-2H3,(H,19,20,21). The maximum absolute atomic E-state index is 12.6. The molecule has 3 nitrogen and oxygen atoms in total. The lowest BCUT2D eigenvalue weighted by Gasteiger charge is -2.07. The van der Waals surface area contributed by atoms with Gasteiger partial charge in [0.15, 0.2) is 5.13 Å². The van der Waals surface area contributed by atoms with Gasteiger partial charge in [-0.1, -0.05) is 48.1 Å². The Bertz CT molecular complexity index is 837. The molecule has 0 spiro atoms. The molecule has 23 heavy (non-hydrogen) atoms. The highest BCUT2D eigenvalue weighted by atomic mass is 35.5. The van der Waals surface area contributed by atoms with Gasteiger partial charge in [-0.2, -0.15) is 0 Å². The van der Waals surface area contributed by atoms with Crippen LogP contribution in [-0.2, 0) is 0 Å². The second kappa shape index (κ2) is 6.91. The highest BCUT2D eigenvalue weighted by Gasteiger charge is 2.15. The molecule has 0 unspecified atom stereocenters. The number of aryl methyl sites for hydroxylation is 1. The first-order chi connectivity index (χ1) is 11.1. The molecule has 3 aromatic rings. The normalized spacial score (nSPS) is 10.9. The van der Waals surface area contributed by atoms with Gasteiger partial charge in [0.2, 0.25) is 0 Å². The predicted octanol–water partition coefficient (Wildman–Crippen LogP) is 5.62. The largest absolute Gasteiger partial charge is 0.298 e. The van der Waals surface area contributed by atoms with Crippen LogP contribution in [0.4, 0.5) is 5.13 Å². The Labute approximate surface area is 148 Å². The molecule has 1 N–H and O–H groups in total. The third kappa shape index (κ3) is 3.37. The van der Waals surface area contributed by atoms with E-state index in [2.05, 4.69) is 17.2 Å². The first-order valence-corrected chi connectivity index (χ1v) is 9.37. The topological polar surface area (TPSA) is 42.0 Å². The Morgan fingerprint density at radius 3 is 2.83 bits per heavy atom. The number of rotatable bonds is 4. The average molecular weight is 363 g/mol. The minimum absolute atomic E-state index is 0.144. The Morgan fingerprint density at radius 2 is 2.09 bits per heavy atom. The number of anilines is 1. The van der Waals surface area contributed by atoms with Gasteiger partial charge in [0.25, 0.3) is 5.91 Å². The van der Waals surface area contributed by atoms with Crippen LogP contribution >= 0.6 is 34.7 Å². The molecule has 0 fully saturated rings. The quantitative estimate of drug-likeness (QED) is 0.612. The fourth-order valence-electron chi connectivity index (χ4n) is 2.26. The van der Waals surface area contributed by atoms with Crippen molar-refractivity contribution in [1.29, 1.82) is 0 Å². The van der Waals surface area contributed by atoms with E-state index in [9.17, 15) is 4.79 Å². The molecule has 1 amide bonds. The molecule has 6 heteroatoms. The second-order valence-corrected chi connectivity index (χ2v) is 7.66. The van der Waals surface area contributed by atoms with E-state index in [1.165, 1.54) is 11.3 Å². The van der Waals surface area contributed by atoms with Gasteiger partial charge in [-0.3, -0.25) is 10.1 Å². The van der Waals surface area contributed by atoms with Crippen LogP contribution < -0.4 is 5.32 Å². The molecule has 0 atom stereocenters. The van der Waals surface area contributed by atoms with Crippen LogP contribution in [-0.4, -0.2) is 16.6 Å². The van der Waals surface area contributed by atoms with Gasteiger partial charge in [0.05, 0.1) is 20.8 Å². The summed E-state index contributed by atoms with van der Waals surface area (Å²) in [6.45, 7) is 4.05. The summed E-state index contributed by atoms with van der Waals surface area (Å²) in [6.07, 6.45) is 0. The summed E-state index contributed by atoms with van der Waals surface area (Å²) in [4.78, 5) is 18.1. The van der Waals surface area contributed by atoms with Crippen molar-refractivity contribution in [3.8, 4) is 0 Å². The Morgan fingerprint density at radius 1 is 1.30 bits per heavy atom. The molecule has 118 valence electrons. The number of benzene rings is 2. The smallest absolute Gasteiger partial charge is 0.258 e. The molecule has 0 saturated heterocycles. The maximum Gasteiger partial charge on any atom is 0.258 e. The number of halogens is 1. The predicted molar refractivity (Wildman–Crippen MR) is 100 cm³/mol. The Balaban J connectivity index is 1.92. The molecule has 0 radical (unpaired) electrons. The minimum atomic E-state index is -0.144. The van der Waals surface area contributed by atoms with Crippen molar-refractivity contribution in [2.75, 3.05) is 11.1 Å². The number of nitrogens with one attached hydrogen (secondary N) is 1. The van der Waals surface area contributed by atoms with Gasteiger partial charge in [0, 0.05) is 4.90 Å². The number of nitrogens with zero attached hydrogens (tertiary/aromatic N) is 1. The van der Waals surface area contributed by atoms with Crippen LogP contribution in [0.15, 0.2) is 41.3 Å². The number of hydrogen-bond acceptors (Lipinski definition) is 4. The van der Waals surface area contributed by atoms with E-state index in [0.29, 0.717) is 15.7 Å². The lowest BCUT2D eigenvalue weighted by molar-refractivity contribution is 0.102. The number of thioether (sulfide) groups is 1. The highest BCUT2D eigenvalue weighted by Crippen LogP contribution is 2.34. The van der Waals surface area contributed by atoms with Crippen molar-refractivity contribution in [2.24, 2.45) is 0 Å². The molecule has 0 bridgehead atoms. The van der Waals surface area contributed by atoms with Crippen LogP contribution in [0, 0.1) is 6.92 Å². The summed E-state index contributed by atoms with van der Waals surface area (Å²) in [6, 6.07) is 11.4. The monoisotopic (exact) mass is 362 g/mol. The van der Waals surface area contributed by atoms with Crippen molar-refractivity contribution in [1.82, 2.24) is 4.98 Å². The number of amides is 1. The van der Waals surface area contributed by atoms with E-state index in [0.717, 1.165) is 26.4 Å². The fourth-order valence-corrected chi connectivity index (χ4v) is 4.27. The van der Waals surface area contributed by atoms with Gasteiger partial charge in [-0.25, -0.2) is 4.98 Å². The number of thiazole rings is 1. The zero-order valence-electron chi connectivity index (χ0n) is 12.7. The number of carbonyl (C=O) groups is 1. The van der Waals surface area contributed by atoms with Gasteiger partial charge >= 0.3 is 0 Å². The summed E-state index contributed by atoms with van der Waals surface area (Å²) in [7, 11) is 0. The van der Waals surface area contributed by atoms with Crippen LogP contribution in [0.5, 0.6) is 0 Å². The summed E-state index contributed by atoms with van der Waals surface area (Å²) in [5.74, 6) is 0.773.